The summed E-state index contributed by atoms with van der Waals surface area (Å²) in [5, 5.41) is 3.20. The lowest BCUT2D eigenvalue weighted by Gasteiger charge is -2.31. The molecule has 1 aromatic rings. The Balaban J connectivity index is 1.66. The average molecular weight is 262 g/mol. The van der Waals surface area contributed by atoms with Gasteiger partial charge in [-0.15, -0.1) is 0 Å². The number of nitrogens with zero attached hydrogens (tertiary/aromatic N) is 1. The number of hydrogen-bond donors (Lipinski definition) is 1. The van der Waals surface area contributed by atoms with Gasteiger partial charge in [0.15, 0.2) is 0 Å². The minimum atomic E-state index is 0.826. The molecule has 106 valence electrons. The largest absolute Gasteiger partial charge is 0.465 e. The standard InChI is InChI=1S/C16H26N2O/c1-12-14(10-17-2)9-15(19-12)11-18-8-7-13-5-3-4-6-16(13)18/h9,13,16-17H,3-8,10-11H2,1-2H3. The first kappa shape index (κ1) is 13.2. The quantitative estimate of drug-likeness (QED) is 0.904. The van der Waals surface area contributed by atoms with Crippen LogP contribution in [0.2, 0.25) is 0 Å². The number of hydrogen-bond acceptors (Lipinski definition) is 3. The predicted molar refractivity (Wildman–Crippen MR) is 77.0 cm³/mol. The fourth-order valence-corrected chi connectivity index (χ4v) is 3.93. The Morgan fingerprint density at radius 1 is 1.32 bits per heavy atom. The maximum atomic E-state index is 5.93. The van der Waals surface area contributed by atoms with Crippen LogP contribution in [-0.2, 0) is 13.1 Å². The van der Waals surface area contributed by atoms with Crippen molar-refractivity contribution in [3.8, 4) is 0 Å². The maximum absolute atomic E-state index is 5.93. The van der Waals surface area contributed by atoms with E-state index in [0.717, 1.165) is 36.6 Å². The smallest absolute Gasteiger partial charge is 0.118 e. The molecule has 0 spiro atoms. The number of aryl methyl sites for hydroxylation is 1. The molecule has 0 radical (unpaired) electrons. The van der Waals surface area contributed by atoms with Crippen LogP contribution in [0, 0.1) is 12.8 Å². The molecule has 0 aromatic carbocycles. The summed E-state index contributed by atoms with van der Waals surface area (Å²) >= 11 is 0. The molecule has 2 unspecified atom stereocenters. The van der Waals surface area contributed by atoms with Gasteiger partial charge in [0.25, 0.3) is 0 Å². The van der Waals surface area contributed by atoms with Gasteiger partial charge in [-0.1, -0.05) is 12.8 Å². The van der Waals surface area contributed by atoms with Crippen LogP contribution in [0.4, 0.5) is 0 Å². The Morgan fingerprint density at radius 2 is 2.16 bits per heavy atom. The zero-order valence-electron chi connectivity index (χ0n) is 12.2. The Hall–Kier alpha value is -0.800. The molecule has 0 amide bonds. The van der Waals surface area contributed by atoms with E-state index in [-0.39, 0.29) is 0 Å². The fourth-order valence-electron chi connectivity index (χ4n) is 3.93. The molecule has 1 N–H and O–H groups in total. The topological polar surface area (TPSA) is 28.4 Å². The van der Waals surface area contributed by atoms with Gasteiger partial charge < -0.3 is 9.73 Å². The third-order valence-electron chi connectivity index (χ3n) is 4.92. The van der Waals surface area contributed by atoms with Crippen molar-refractivity contribution < 1.29 is 4.42 Å². The molecule has 1 saturated carbocycles. The number of nitrogens with one attached hydrogen (secondary N) is 1. The summed E-state index contributed by atoms with van der Waals surface area (Å²) in [4.78, 5) is 2.66. The third-order valence-corrected chi connectivity index (χ3v) is 4.92. The van der Waals surface area contributed by atoms with Crippen molar-refractivity contribution in [3.05, 3.63) is 23.2 Å². The molecule has 3 nitrogen and oxygen atoms in total. The van der Waals surface area contributed by atoms with Crippen LogP contribution in [0.3, 0.4) is 0 Å². The molecular weight excluding hydrogens is 236 g/mol. The van der Waals surface area contributed by atoms with E-state index in [9.17, 15) is 0 Å². The van der Waals surface area contributed by atoms with E-state index >= 15 is 0 Å². The maximum Gasteiger partial charge on any atom is 0.118 e. The summed E-state index contributed by atoms with van der Waals surface area (Å²) in [5.41, 5.74) is 1.30. The van der Waals surface area contributed by atoms with E-state index in [1.54, 1.807) is 0 Å². The van der Waals surface area contributed by atoms with Crippen LogP contribution >= 0.6 is 0 Å². The minimum absolute atomic E-state index is 0.826. The first-order chi connectivity index (χ1) is 9.28. The Bertz CT molecular complexity index is 426. The first-order valence-corrected chi connectivity index (χ1v) is 7.74. The van der Waals surface area contributed by atoms with E-state index in [1.165, 1.54) is 44.2 Å². The van der Waals surface area contributed by atoms with Crippen LogP contribution in [0.25, 0.3) is 0 Å². The van der Waals surface area contributed by atoms with Gasteiger partial charge in [-0.25, -0.2) is 0 Å². The highest BCUT2D eigenvalue weighted by atomic mass is 16.3. The highest BCUT2D eigenvalue weighted by Crippen LogP contribution is 2.37. The van der Waals surface area contributed by atoms with Gasteiger partial charge >= 0.3 is 0 Å². The normalized spacial score (nSPS) is 27.7. The summed E-state index contributed by atoms with van der Waals surface area (Å²) < 4.78 is 5.93. The van der Waals surface area contributed by atoms with E-state index in [4.69, 9.17) is 4.42 Å². The van der Waals surface area contributed by atoms with Gasteiger partial charge in [0.2, 0.25) is 0 Å². The highest BCUT2D eigenvalue weighted by molar-refractivity contribution is 5.20. The molecule has 3 rings (SSSR count). The van der Waals surface area contributed by atoms with E-state index in [0.29, 0.717) is 0 Å². The second-order valence-electron chi connectivity index (χ2n) is 6.20. The van der Waals surface area contributed by atoms with Gasteiger partial charge in [-0.3, -0.25) is 4.90 Å². The van der Waals surface area contributed by atoms with E-state index in [1.807, 2.05) is 7.05 Å². The lowest BCUT2D eigenvalue weighted by molar-refractivity contribution is 0.165. The summed E-state index contributed by atoms with van der Waals surface area (Å²) in [6.07, 6.45) is 7.10. The molecule has 1 aromatic heterocycles. The van der Waals surface area contributed by atoms with Gasteiger partial charge in [-0.05, 0) is 51.8 Å². The van der Waals surface area contributed by atoms with E-state index < -0.39 is 0 Å². The molecule has 19 heavy (non-hydrogen) atoms. The second-order valence-corrected chi connectivity index (χ2v) is 6.20. The minimum Gasteiger partial charge on any atom is -0.465 e. The first-order valence-electron chi connectivity index (χ1n) is 7.74. The summed E-state index contributed by atoms with van der Waals surface area (Å²) in [7, 11) is 1.99. The molecule has 0 bridgehead atoms. The van der Waals surface area contributed by atoms with Crippen LogP contribution in [0.5, 0.6) is 0 Å². The van der Waals surface area contributed by atoms with Crippen molar-refractivity contribution in [1.29, 1.82) is 0 Å². The molecule has 1 aliphatic carbocycles. The van der Waals surface area contributed by atoms with Crippen molar-refractivity contribution in [1.82, 2.24) is 10.2 Å². The van der Waals surface area contributed by atoms with Crippen LogP contribution < -0.4 is 5.32 Å². The fraction of sp³-hybridized carbons (Fsp3) is 0.750. The molecule has 2 heterocycles. The number of fused-ring (bicyclic) bond motifs is 1. The number of rotatable bonds is 4. The summed E-state index contributed by atoms with van der Waals surface area (Å²) in [5.74, 6) is 3.18. The zero-order valence-corrected chi connectivity index (χ0v) is 12.2. The van der Waals surface area contributed by atoms with Crippen molar-refractivity contribution in [3.63, 3.8) is 0 Å². The van der Waals surface area contributed by atoms with Gasteiger partial charge in [0.1, 0.15) is 11.5 Å². The van der Waals surface area contributed by atoms with E-state index in [2.05, 4.69) is 23.2 Å². The molecule has 2 aliphatic rings. The second kappa shape index (κ2) is 5.68. The molecule has 2 fully saturated rings. The Labute approximate surface area is 116 Å². The molecular formula is C16H26N2O. The van der Waals surface area contributed by atoms with Crippen molar-refractivity contribution in [2.45, 2.75) is 58.2 Å². The third kappa shape index (κ3) is 2.72. The highest BCUT2D eigenvalue weighted by Gasteiger charge is 2.35. The Morgan fingerprint density at radius 3 is 3.00 bits per heavy atom. The van der Waals surface area contributed by atoms with Gasteiger partial charge in [-0.2, -0.15) is 0 Å². The molecule has 3 heteroatoms. The molecule has 1 aliphatic heterocycles. The SMILES string of the molecule is CNCc1cc(CN2CCC3CCCCC32)oc1C. The van der Waals surface area contributed by atoms with Gasteiger partial charge in [0.05, 0.1) is 6.54 Å². The summed E-state index contributed by atoms with van der Waals surface area (Å²) in [6, 6.07) is 3.06. The zero-order chi connectivity index (χ0) is 13.2. The average Bonchev–Trinajstić information content (AvgIpc) is 2.96. The monoisotopic (exact) mass is 262 g/mol. The lowest BCUT2D eigenvalue weighted by atomic mass is 9.85. The number of likely N-dealkylation sites (tertiary alicyclic amines) is 1. The molecule has 2 atom stereocenters. The molecule has 1 saturated heterocycles. The number of furan rings is 1. The summed E-state index contributed by atoms with van der Waals surface area (Å²) in [6.45, 7) is 5.24. The van der Waals surface area contributed by atoms with Crippen LogP contribution in [0.15, 0.2) is 10.5 Å². The van der Waals surface area contributed by atoms with Crippen LogP contribution in [-0.4, -0.2) is 24.5 Å². The lowest BCUT2D eigenvalue weighted by Crippen LogP contribution is -2.34. The Kier molecular flexibility index (Phi) is 3.94. The van der Waals surface area contributed by atoms with Gasteiger partial charge in [0, 0.05) is 18.2 Å². The van der Waals surface area contributed by atoms with Crippen molar-refractivity contribution in [2.75, 3.05) is 13.6 Å². The van der Waals surface area contributed by atoms with Crippen molar-refractivity contribution >= 4 is 0 Å². The van der Waals surface area contributed by atoms with Crippen LogP contribution in [0.1, 0.15) is 49.2 Å². The van der Waals surface area contributed by atoms with Crippen molar-refractivity contribution in [2.24, 2.45) is 5.92 Å². The predicted octanol–water partition coefficient (Wildman–Crippen LogP) is 3.07.